The zero-order valence-electron chi connectivity index (χ0n) is 8.49. The van der Waals surface area contributed by atoms with Gasteiger partial charge in [-0.15, -0.1) is 0 Å². The van der Waals surface area contributed by atoms with Gasteiger partial charge in [0.1, 0.15) is 17.8 Å². The quantitative estimate of drug-likeness (QED) is 0.585. The Labute approximate surface area is 93.3 Å². The topological polar surface area (TPSA) is 35.5 Å². The number of benzene rings is 1. The highest BCUT2D eigenvalue weighted by Crippen LogP contribution is 2.31. The molecule has 3 nitrogen and oxygen atoms in total. The number of methoxy groups -OCH3 is 2. The Morgan fingerprint density at radius 1 is 1.33 bits per heavy atom. The van der Waals surface area contributed by atoms with Crippen molar-refractivity contribution >= 4 is 22.9 Å². The molecule has 0 unspecified atom stereocenters. The zero-order chi connectivity index (χ0) is 11.3. The van der Waals surface area contributed by atoms with Crippen molar-refractivity contribution < 1.29 is 14.3 Å². The van der Waals surface area contributed by atoms with Crippen molar-refractivity contribution in [3.05, 3.63) is 29.8 Å². The highest BCUT2D eigenvalue weighted by Gasteiger charge is 2.07. The monoisotopic (exact) mass is 226 g/mol. The molecule has 0 aromatic heterocycles. The summed E-state index contributed by atoms with van der Waals surface area (Å²) >= 11 is 5.89. The van der Waals surface area contributed by atoms with Crippen LogP contribution < -0.4 is 9.47 Å². The van der Waals surface area contributed by atoms with E-state index in [1.54, 1.807) is 25.3 Å². The summed E-state index contributed by atoms with van der Waals surface area (Å²) in [4.78, 5) is 10.3. The predicted octanol–water partition coefficient (Wildman–Crippen LogP) is 2.48. The van der Waals surface area contributed by atoms with Crippen molar-refractivity contribution in [1.29, 1.82) is 0 Å². The second-order valence-electron chi connectivity index (χ2n) is 2.72. The lowest BCUT2D eigenvalue weighted by Gasteiger charge is -2.08. The van der Waals surface area contributed by atoms with E-state index < -0.39 is 0 Å². The summed E-state index contributed by atoms with van der Waals surface area (Å²) in [5.41, 5.74) is 0.659. The molecule has 1 rings (SSSR count). The Morgan fingerprint density at radius 3 is 2.60 bits per heavy atom. The standard InChI is InChI=1S/C11H11ClO3/c1-14-8-3-4-9(10(12)5-6-13)11(7-8)15-2/h3-7H,1-2H3/b10-5-. The van der Waals surface area contributed by atoms with E-state index >= 15 is 0 Å². The van der Waals surface area contributed by atoms with Crippen molar-refractivity contribution in [2.45, 2.75) is 0 Å². The fourth-order valence-corrected chi connectivity index (χ4v) is 1.35. The number of ether oxygens (including phenoxy) is 2. The van der Waals surface area contributed by atoms with Crippen LogP contribution in [0.4, 0.5) is 0 Å². The minimum atomic E-state index is 0.338. The van der Waals surface area contributed by atoms with Gasteiger partial charge < -0.3 is 9.47 Å². The molecule has 15 heavy (non-hydrogen) atoms. The van der Waals surface area contributed by atoms with Gasteiger partial charge in [0.25, 0.3) is 0 Å². The van der Waals surface area contributed by atoms with Gasteiger partial charge in [-0.25, -0.2) is 0 Å². The SMILES string of the molecule is COc1ccc(/C(Cl)=C/C=O)c(OC)c1. The smallest absolute Gasteiger partial charge is 0.144 e. The van der Waals surface area contributed by atoms with Crippen molar-refractivity contribution in [2.24, 2.45) is 0 Å². The van der Waals surface area contributed by atoms with Crippen molar-refractivity contribution in [3.63, 3.8) is 0 Å². The van der Waals surface area contributed by atoms with Crippen LogP contribution in [0.3, 0.4) is 0 Å². The summed E-state index contributed by atoms with van der Waals surface area (Å²) in [6.07, 6.45) is 1.90. The van der Waals surface area contributed by atoms with Crippen LogP contribution in [0.2, 0.25) is 0 Å². The van der Waals surface area contributed by atoms with Gasteiger partial charge in [-0.05, 0) is 18.2 Å². The molecular weight excluding hydrogens is 216 g/mol. The van der Waals surface area contributed by atoms with Gasteiger partial charge in [0, 0.05) is 11.6 Å². The van der Waals surface area contributed by atoms with E-state index in [2.05, 4.69) is 0 Å². The van der Waals surface area contributed by atoms with E-state index in [0.29, 0.717) is 28.4 Å². The molecule has 0 bridgehead atoms. The summed E-state index contributed by atoms with van der Waals surface area (Å²) in [5.74, 6) is 1.24. The lowest BCUT2D eigenvalue weighted by molar-refractivity contribution is -0.104. The fraction of sp³-hybridized carbons (Fsp3) is 0.182. The Morgan fingerprint density at radius 2 is 2.07 bits per heavy atom. The predicted molar refractivity (Wildman–Crippen MR) is 59.4 cm³/mol. The first kappa shape index (κ1) is 11.6. The third-order valence-corrected chi connectivity index (χ3v) is 2.21. The number of rotatable bonds is 4. The van der Waals surface area contributed by atoms with Gasteiger partial charge in [0.05, 0.1) is 19.3 Å². The first-order valence-electron chi connectivity index (χ1n) is 4.26. The van der Waals surface area contributed by atoms with Crippen LogP contribution in [0.5, 0.6) is 11.5 Å². The average Bonchev–Trinajstić information content (AvgIpc) is 2.28. The summed E-state index contributed by atoms with van der Waals surface area (Å²) in [5, 5.41) is 0.338. The number of allylic oxidation sites excluding steroid dienone is 1. The Hall–Kier alpha value is -1.48. The van der Waals surface area contributed by atoms with Crippen LogP contribution in [0, 0.1) is 0 Å². The third kappa shape index (κ3) is 2.73. The second kappa shape index (κ2) is 5.41. The molecule has 0 aliphatic carbocycles. The van der Waals surface area contributed by atoms with Gasteiger partial charge in [0.2, 0.25) is 0 Å². The molecule has 0 amide bonds. The van der Waals surface area contributed by atoms with Crippen molar-refractivity contribution in [2.75, 3.05) is 14.2 Å². The molecule has 0 radical (unpaired) electrons. The normalized spacial score (nSPS) is 11.0. The first-order chi connectivity index (χ1) is 7.22. The maximum atomic E-state index is 10.3. The number of aldehydes is 1. The lowest BCUT2D eigenvalue weighted by Crippen LogP contribution is -1.91. The van der Waals surface area contributed by atoms with Crippen LogP contribution in [0.1, 0.15) is 5.56 Å². The number of halogens is 1. The maximum absolute atomic E-state index is 10.3. The average molecular weight is 227 g/mol. The van der Waals surface area contributed by atoms with Crippen LogP contribution >= 0.6 is 11.6 Å². The van der Waals surface area contributed by atoms with Crippen LogP contribution in [-0.2, 0) is 4.79 Å². The summed E-state index contributed by atoms with van der Waals surface area (Å²) in [6.45, 7) is 0. The molecular formula is C11H11ClO3. The highest BCUT2D eigenvalue weighted by molar-refractivity contribution is 6.50. The maximum Gasteiger partial charge on any atom is 0.144 e. The first-order valence-corrected chi connectivity index (χ1v) is 4.64. The zero-order valence-corrected chi connectivity index (χ0v) is 9.25. The van der Waals surface area contributed by atoms with Crippen molar-refractivity contribution in [3.8, 4) is 11.5 Å². The number of carbonyl (C=O) groups excluding carboxylic acids is 1. The van der Waals surface area contributed by atoms with E-state index in [-0.39, 0.29) is 0 Å². The van der Waals surface area contributed by atoms with Gasteiger partial charge in [-0.3, -0.25) is 4.79 Å². The van der Waals surface area contributed by atoms with Gasteiger partial charge in [0.15, 0.2) is 0 Å². The molecule has 80 valence electrons. The van der Waals surface area contributed by atoms with Gasteiger partial charge in [-0.2, -0.15) is 0 Å². The Kier molecular flexibility index (Phi) is 4.18. The molecule has 4 heteroatoms. The minimum Gasteiger partial charge on any atom is -0.497 e. The van der Waals surface area contributed by atoms with Crippen LogP contribution in [0.25, 0.3) is 5.03 Å². The molecule has 0 heterocycles. The largest absolute Gasteiger partial charge is 0.497 e. The second-order valence-corrected chi connectivity index (χ2v) is 3.12. The molecule has 0 atom stereocenters. The van der Waals surface area contributed by atoms with E-state index in [9.17, 15) is 4.79 Å². The molecule has 1 aromatic rings. The number of carbonyl (C=O) groups is 1. The fourth-order valence-electron chi connectivity index (χ4n) is 1.15. The highest BCUT2D eigenvalue weighted by atomic mass is 35.5. The third-order valence-electron chi connectivity index (χ3n) is 1.88. The Balaban J connectivity index is 3.18. The molecule has 0 saturated carbocycles. The number of hydrogen-bond donors (Lipinski definition) is 0. The molecule has 0 fully saturated rings. The van der Waals surface area contributed by atoms with Crippen LogP contribution in [0.15, 0.2) is 24.3 Å². The summed E-state index contributed by atoms with van der Waals surface area (Å²) in [6, 6.07) is 5.19. The van der Waals surface area contributed by atoms with E-state index in [1.165, 1.54) is 13.2 Å². The molecule has 0 aliphatic rings. The molecule has 0 spiro atoms. The van der Waals surface area contributed by atoms with E-state index in [1.807, 2.05) is 0 Å². The van der Waals surface area contributed by atoms with Crippen molar-refractivity contribution in [1.82, 2.24) is 0 Å². The van der Waals surface area contributed by atoms with Crippen LogP contribution in [-0.4, -0.2) is 20.5 Å². The lowest BCUT2D eigenvalue weighted by atomic mass is 10.1. The van der Waals surface area contributed by atoms with E-state index in [0.717, 1.165) is 0 Å². The minimum absolute atomic E-state index is 0.338. The molecule has 0 N–H and O–H groups in total. The summed E-state index contributed by atoms with van der Waals surface area (Å²) < 4.78 is 10.2. The molecule has 0 saturated heterocycles. The summed E-state index contributed by atoms with van der Waals surface area (Å²) in [7, 11) is 3.10. The Bertz CT molecular complexity index is 385. The number of hydrogen-bond acceptors (Lipinski definition) is 3. The molecule has 1 aromatic carbocycles. The van der Waals surface area contributed by atoms with Gasteiger partial charge >= 0.3 is 0 Å². The van der Waals surface area contributed by atoms with E-state index in [4.69, 9.17) is 21.1 Å². The van der Waals surface area contributed by atoms with Gasteiger partial charge in [-0.1, -0.05) is 11.6 Å². The molecule has 0 aliphatic heterocycles.